The van der Waals surface area contributed by atoms with E-state index in [1.54, 1.807) is 6.07 Å². The van der Waals surface area contributed by atoms with Gasteiger partial charge in [0.1, 0.15) is 0 Å². The molecule has 0 radical (unpaired) electrons. The van der Waals surface area contributed by atoms with Crippen LogP contribution in [0.15, 0.2) is 28.7 Å². The maximum atomic E-state index is 12.7. The summed E-state index contributed by atoms with van der Waals surface area (Å²) in [6.07, 6.45) is 5.60. The van der Waals surface area contributed by atoms with Crippen LogP contribution in [-0.2, 0) is 11.3 Å². The molecule has 1 aromatic carbocycles. The second kappa shape index (κ2) is 9.85. The fourth-order valence-electron chi connectivity index (χ4n) is 3.39. The molecule has 0 spiro atoms. The molecule has 1 saturated heterocycles. The van der Waals surface area contributed by atoms with Crippen molar-refractivity contribution in [1.82, 2.24) is 20.0 Å². The summed E-state index contributed by atoms with van der Waals surface area (Å²) in [5, 5.41) is 8.85. The molecule has 0 bridgehead atoms. The molecule has 6 nitrogen and oxygen atoms in total. The van der Waals surface area contributed by atoms with E-state index < -0.39 is 0 Å². The third-order valence-electron chi connectivity index (χ3n) is 4.79. The van der Waals surface area contributed by atoms with Crippen LogP contribution in [0, 0.1) is 0 Å². The fourth-order valence-corrected chi connectivity index (χ4v) is 3.61. The number of carbonyl (C=O) groups is 1. The number of nitrogens with zero attached hydrogens (tertiary/aromatic N) is 4. The van der Waals surface area contributed by atoms with Gasteiger partial charge in [0.25, 0.3) is 0 Å². The maximum Gasteiger partial charge on any atom is 0.249 e. The minimum atomic E-state index is 0.191. The van der Waals surface area contributed by atoms with Gasteiger partial charge in [-0.3, -0.25) is 9.69 Å². The van der Waals surface area contributed by atoms with Gasteiger partial charge in [-0.15, -0.1) is 10.2 Å². The first-order chi connectivity index (χ1) is 13.2. The van der Waals surface area contributed by atoms with Gasteiger partial charge in [0, 0.05) is 13.1 Å². The minimum Gasteiger partial charge on any atom is -0.419 e. The number of likely N-dealkylation sites (tertiary alicyclic amines) is 1. The lowest BCUT2D eigenvalue weighted by Crippen LogP contribution is -2.41. The van der Waals surface area contributed by atoms with Gasteiger partial charge < -0.3 is 9.32 Å². The number of carbonyl (C=O) groups excluding carboxylic acids is 1. The van der Waals surface area contributed by atoms with E-state index in [0.717, 1.165) is 44.5 Å². The van der Waals surface area contributed by atoms with Crippen molar-refractivity contribution in [2.75, 3.05) is 26.2 Å². The van der Waals surface area contributed by atoms with E-state index in [2.05, 4.69) is 22.0 Å². The third kappa shape index (κ3) is 5.53. The van der Waals surface area contributed by atoms with Crippen molar-refractivity contribution in [3.63, 3.8) is 0 Å². The first-order valence-corrected chi connectivity index (χ1v) is 10.1. The van der Waals surface area contributed by atoms with E-state index in [-0.39, 0.29) is 5.91 Å². The standard InChI is InChI=1S/C20H27ClN4O2/c1-2-11-24(15-19(26)25-12-7-3-4-8-13-25)14-18-22-23-20(27-18)16-9-5-6-10-17(16)21/h5-6,9-10H,2-4,7-8,11-15H2,1H3. The fraction of sp³-hybridized carbons (Fsp3) is 0.550. The van der Waals surface area contributed by atoms with Crippen molar-refractivity contribution in [2.45, 2.75) is 45.6 Å². The third-order valence-corrected chi connectivity index (χ3v) is 5.12. The molecule has 1 aromatic heterocycles. The Bertz CT molecular complexity index is 741. The zero-order valence-electron chi connectivity index (χ0n) is 15.9. The van der Waals surface area contributed by atoms with Gasteiger partial charge in [0.05, 0.1) is 23.7 Å². The molecule has 3 rings (SSSR count). The first kappa shape index (κ1) is 19.8. The Balaban J connectivity index is 1.64. The normalized spacial score (nSPS) is 15.1. The Morgan fingerprint density at radius 2 is 1.93 bits per heavy atom. The average molecular weight is 391 g/mol. The lowest BCUT2D eigenvalue weighted by Gasteiger charge is -2.25. The molecule has 7 heteroatoms. The highest BCUT2D eigenvalue weighted by Gasteiger charge is 2.20. The zero-order valence-corrected chi connectivity index (χ0v) is 16.6. The summed E-state index contributed by atoms with van der Waals surface area (Å²) in [7, 11) is 0. The number of benzene rings is 1. The van der Waals surface area contributed by atoms with E-state index in [1.807, 2.05) is 23.1 Å². The molecule has 1 aliphatic heterocycles. The van der Waals surface area contributed by atoms with E-state index in [1.165, 1.54) is 12.8 Å². The van der Waals surface area contributed by atoms with E-state index >= 15 is 0 Å². The molecule has 1 aliphatic rings. The summed E-state index contributed by atoms with van der Waals surface area (Å²) in [5.74, 6) is 1.10. The summed E-state index contributed by atoms with van der Waals surface area (Å²) < 4.78 is 5.80. The predicted molar refractivity (Wildman–Crippen MR) is 105 cm³/mol. The lowest BCUT2D eigenvalue weighted by atomic mass is 10.2. The van der Waals surface area contributed by atoms with Crippen LogP contribution in [0.1, 0.15) is 44.9 Å². The van der Waals surface area contributed by atoms with Crippen LogP contribution in [0.5, 0.6) is 0 Å². The topological polar surface area (TPSA) is 62.5 Å². The summed E-state index contributed by atoms with van der Waals surface area (Å²) in [6, 6.07) is 7.39. The van der Waals surface area contributed by atoms with E-state index in [9.17, 15) is 4.79 Å². The summed E-state index contributed by atoms with van der Waals surface area (Å²) in [5.41, 5.74) is 0.723. The largest absolute Gasteiger partial charge is 0.419 e. The minimum absolute atomic E-state index is 0.191. The van der Waals surface area contributed by atoms with Gasteiger partial charge in [-0.2, -0.15) is 0 Å². The second-order valence-electron chi connectivity index (χ2n) is 6.99. The zero-order chi connectivity index (χ0) is 19.1. The number of halogens is 1. The number of aromatic nitrogens is 2. The smallest absolute Gasteiger partial charge is 0.249 e. The molecule has 0 atom stereocenters. The van der Waals surface area contributed by atoms with Crippen LogP contribution in [0.4, 0.5) is 0 Å². The molecule has 2 heterocycles. The van der Waals surface area contributed by atoms with Crippen molar-refractivity contribution in [3.8, 4) is 11.5 Å². The van der Waals surface area contributed by atoms with Crippen LogP contribution in [0.25, 0.3) is 11.5 Å². The van der Waals surface area contributed by atoms with E-state index in [4.69, 9.17) is 16.0 Å². The second-order valence-corrected chi connectivity index (χ2v) is 7.39. The van der Waals surface area contributed by atoms with Gasteiger partial charge in [0.2, 0.25) is 17.7 Å². The highest BCUT2D eigenvalue weighted by molar-refractivity contribution is 6.33. The van der Waals surface area contributed by atoms with Crippen molar-refractivity contribution in [2.24, 2.45) is 0 Å². The quantitative estimate of drug-likeness (QED) is 0.714. The summed E-state index contributed by atoms with van der Waals surface area (Å²) >= 11 is 6.20. The molecule has 27 heavy (non-hydrogen) atoms. The summed E-state index contributed by atoms with van der Waals surface area (Å²) in [4.78, 5) is 16.8. The molecular weight excluding hydrogens is 364 g/mol. The molecule has 0 N–H and O–H groups in total. The monoisotopic (exact) mass is 390 g/mol. The number of hydrogen-bond acceptors (Lipinski definition) is 5. The van der Waals surface area contributed by atoms with Gasteiger partial charge in [-0.1, -0.05) is 43.5 Å². The van der Waals surface area contributed by atoms with Crippen molar-refractivity contribution in [1.29, 1.82) is 0 Å². The molecule has 146 valence electrons. The number of rotatable bonds is 7. The SMILES string of the molecule is CCCN(CC(=O)N1CCCCCC1)Cc1nnc(-c2ccccc2Cl)o1. The van der Waals surface area contributed by atoms with Crippen molar-refractivity contribution < 1.29 is 9.21 Å². The Labute approximate surface area is 165 Å². The molecular formula is C20H27ClN4O2. The number of hydrogen-bond donors (Lipinski definition) is 0. The van der Waals surface area contributed by atoms with Crippen LogP contribution in [0.2, 0.25) is 5.02 Å². The molecule has 0 aliphatic carbocycles. The van der Waals surface area contributed by atoms with E-state index in [0.29, 0.717) is 29.9 Å². The molecule has 1 fully saturated rings. The maximum absolute atomic E-state index is 12.7. The Kier molecular flexibility index (Phi) is 7.24. The summed E-state index contributed by atoms with van der Waals surface area (Å²) in [6.45, 7) is 5.50. The van der Waals surface area contributed by atoms with Gasteiger partial charge in [0.15, 0.2) is 0 Å². The van der Waals surface area contributed by atoms with Gasteiger partial charge >= 0.3 is 0 Å². The Morgan fingerprint density at radius 1 is 1.19 bits per heavy atom. The van der Waals surface area contributed by atoms with Gasteiger partial charge in [-0.05, 0) is 37.9 Å². The average Bonchev–Trinajstić information content (AvgIpc) is 2.94. The van der Waals surface area contributed by atoms with Crippen LogP contribution in [0.3, 0.4) is 0 Å². The van der Waals surface area contributed by atoms with Crippen LogP contribution < -0.4 is 0 Å². The highest BCUT2D eigenvalue weighted by atomic mass is 35.5. The number of amides is 1. The van der Waals surface area contributed by atoms with Gasteiger partial charge in [-0.25, -0.2) is 0 Å². The molecule has 0 saturated carbocycles. The van der Waals surface area contributed by atoms with Crippen LogP contribution in [-0.4, -0.2) is 52.1 Å². The van der Waals surface area contributed by atoms with Crippen LogP contribution >= 0.6 is 11.6 Å². The highest BCUT2D eigenvalue weighted by Crippen LogP contribution is 2.26. The Hall–Kier alpha value is -1.92. The lowest BCUT2D eigenvalue weighted by molar-refractivity contribution is -0.132. The molecule has 0 unspecified atom stereocenters. The predicted octanol–water partition coefficient (Wildman–Crippen LogP) is 4.00. The van der Waals surface area contributed by atoms with Crippen molar-refractivity contribution >= 4 is 17.5 Å². The molecule has 1 amide bonds. The van der Waals surface area contributed by atoms with Crippen molar-refractivity contribution in [3.05, 3.63) is 35.2 Å². The Morgan fingerprint density at radius 3 is 2.63 bits per heavy atom. The first-order valence-electron chi connectivity index (χ1n) is 9.74. The molecule has 2 aromatic rings.